The topological polar surface area (TPSA) is 87.7 Å². The van der Waals surface area contributed by atoms with Gasteiger partial charge in [-0.25, -0.2) is 14.8 Å². The number of hydrogen-bond donors (Lipinski definition) is 1. The third-order valence-electron chi connectivity index (χ3n) is 4.20. The van der Waals surface area contributed by atoms with E-state index in [4.69, 9.17) is 4.74 Å². The first kappa shape index (κ1) is 18.6. The van der Waals surface area contributed by atoms with E-state index in [0.29, 0.717) is 50.1 Å². The smallest absolute Gasteiger partial charge is 0.409 e. The van der Waals surface area contributed by atoms with Crippen LogP contribution in [-0.2, 0) is 4.74 Å². The summed E-state index contributed by atoms with van der Waals surface area (Å²) in [5, 5.41) is 3.19. The number of piperazine rings is 1. The van der Waals surface area contributed by atoms with Crippen molar-refractivity contribution in [2.45, 2.75) is 13.8 Å². The van der Waals surface area contributed by atoms with Crippen molar-refractivity contribution in [2.75, 3.05) is 38.1 Å². The number of aromatic nitrogens is 2. The van der Waals surface area contributed by atoms with Crippen molar-refractivity contribution in [3.05, 3.63) is 47.9 Å². The van der Waals surface area contributed by atoms with Crippen LogP contribution < -0.4 is 5.32 Å². The summed E-state index contributed by atoms with van der Waals surface area (Å²) in [6.45, 7) is 5.66. The molecule has 8 nitrogen and oxygen atoms in total. The molecule has 3 rings (SSSR count). The van der Waals surface area contributed by atoms with E-state index in [1.165, 1.54) is 0 Å². The van der Waals surface area contributed by atoms with E-state index < -0.39 is 0 Å². The molecule has 0 aliphatic carbocycles. The van der Waals surface area contributed by atoms with Crippen LogP contribution in [-0.4, -0.2) is 64.6 Å². The Labute approximate surface area is 158 Å². The predicted octanol–water partition coefficient (Wildman–Crippen LogP) is 2.44. The Hall–Kier alpha value is -3.16. The SMILES string of the molecule is CCOC(=O)N1CCN(C(=O)c2cc(Nc3ccccc3)nc(C)n2)CC1. The zero-order chi connectivity index (χ0) is 19.2. The van der Waals surface area contributed by atoms with E-state index >= 15 is 0 Å². The quantitative estimate of drug-likeness (QED) is 0.891. The number of hydrogen-bond acceptors (Lipinski definition) is 6. The average Bonchev–Trinajstić information content (AvgIpc) is 2.68. The molecule has 1 aliphatic rings. The van der Waals surface area contributed by atoms with Crippen LogP contribution in [0.3, 0.4) is 0 Å². The number of nitrogens with one attached hydrogen (secondary N) is 1. The molecule has 1 aromatic heterocycles. The van der Waals surface area contributed by atoms with Gasteiger partial charge >= 0.3 is 6.09 Å². The Morgan fingerprint density at radius 1 is 1.07 bits per heavy atom. The van der Waals surface area contributed by atoms with Gasteiger partial charge in [0, 0.05) is 37.9 Å². The number of benzene rings is 1. The van der Waals surface area contributed by atoms with Crippen LogP contribution in [0.15, 0.2) is 36.4 Å². The lowest BCUT2D eigenvalue weighted by Gasteiger charge is -2.33. The van der Waals surface area contributed by atoms with Gasteiger partial charge in [0.1, 0.15) is 17.3 Å². The number of ether oxygens (including phenoxy) is 1. The summed E-state index contributed by atoms with van der Waals surface area (Å²) in [5.41, 5.74) is 1.22. The number of amides is 2. The zero-order valence-electron chi connectivity index (χ0n) is 15.5. The second kappa shape index (κ2) is 8.48. The molecule has 1 aliphatic heterocycles. The molecule has 1 aromatic carbocycles. The number of anilines is 2. The molecule has 1 N–H and O–H groups in total. The highest BCUT2D eigenvalue weighted by atomic mass is 16.6. The van der Waals surface area contributed by atoms with Crippen LogP contribution >= 0.6 is 0 Å². The van der Waals surface area contributed by atoms with Crippen LogP contribution in [0.2, 0.25) is 0 Å². The third kappa shape index (κ3) is 4.72. The number of aryl methyl sites for hydroxylation is 1. The van der Waals surface area contributed by atoms with E-state index in [2.05, 4.69) is 15.3 Å². The molecule has 1 fully saturated rings. The van der Waals surface area contributed by atoms with E-state index in [0.717, 1.165) is 5.69 Å². The summed E-state index contributed by atoms with van der Waals surface area (Å²) >= 11 is 0. The van der Waals surface area contributed by atoms with Gasteiger partial charge in [0.15, 0.2) is 0 Å². The molecule has 1 saturated heterocycles. The average molecular weight is 369 g/mol. The van der Waals surface area contributed by atoms with Crippen molar-refractivity contribution in [1.29, 1.82) is 0 Å². The van der Waals surface area contributed by atoms with Crippen molar-refractivity contribution in [1.82, 2.24) is 19.8 Å². The van der Waals surface area contributed by atoms with Gasteiger partial charge in [0.2, 0.25) is 0 Å². The summed E-state index contributed by atoms with van der Waals surface area (Å²) in [6.07, 6.45) is -0.336. The first-order valence-corrected chi connectivity index (χ1v) is 8.95. The number of carbonyl (C=O) groups is 2. The molecular weight excluding hydrogens is 346 g/mol. The Bertz CT molecular complexity index is 804. The van der Waals surface area contributed by atoms with Crippen molar-refractivity contribution < 1.29 is 14.3 Å². The van der Waals surface area contributed by atoms with Gasteiger partial charge in [0.05, 0.1) is 6.61 Å². The van der Waals surface area contributed by atoms with Gasteiger partial charge in [-0.15, -0.1) is 0 Å². The number of carbonyl (C=O) groups excluding carboxylic acids is 2. The number of nitrogens with zero attached hydrogens (tertiary/aromatic N) is 4. The Morgan fingerprint density at radius 3 is 2.41 bits per heavy atom. The zero-order valence-corrected chi connectivity index (χ0v) is 15.5. The van der Waals surface area contributed by atoms with Crippen molar-refractivity contribution in [3.63, 3.8) is 0 Å². The van der Waals surface area contributed by atoms with Crippen LogP contribution in [0.1, 0.15) is 23.2 Å². The molecule has 2 aromatic rings. The van der Waals surface area contributed by atoms with Crippen LogP contribution in [0.4, 0.5) is 16.3 Å². The minimum absolute atomic E-state index is 0.167. The van der Waals surface area contributed by atoms with Crippen molar-refractivity contribution >= 4 is 23.5 Å². The summed E-state index contributed by atoms with van der Waals surface area (Å²) < 4.78 is 5.00. The van der Waals surface area contributed by atoms with Gasteiger partial charge in [-0.2, -0.15) is 0 Å². The highest BCUT2D eigenvalue weighted by Crippen LogP contribution is 2.16. The Kier molecular flexibility index (Phi) is 5.85. The highest BCUT2D eigenvalue weighted by molar-refractivity contribution is 5.93. The molecule has 27 heavy (non-hydrogen) atoms. The molecule has 0 unspecified atom stereocenters. The minimum Gasteiger partial charge on any atom is -0.450 e. The lowest BCUT2D eigenvalue weighted by atomic mass is 10.2. The maximum atomic E-state index is 12.8. The van der Waals surface area contributed by atoms with E-state index in [1.807, 2.05) is 30.3 Å². The molecular formula is C19H23N5O3. The van der Waals surface area contributed by atoms with E-state index in [1.54, 1.807) is 29.7 Å². The normalized spacial score (nSPS) is 14.0. The molecule has 8 heteroatoms. The van der Waals surface area contributed by atoms with Crippen molar-refractivity contribution in [3.8, 4) is 0 Å². The maximum Gasteiger partial charge on any atom is 0.409 e. The van der Waals surface area contributed by atoms with Gasteiger partial charge in [0.25, 0.3) is 5.91 Å². The molecule has 0 radical (unpaired) electrons. The second-order valence-corrected chi connectivity index (χ2v) is 6.15. The summed E-state index contributed by atoms with van der Waals surface area (Å²) in [4.78, 5) is 36.6. The Balaban J connectivity index is 1.67. The molecule has 2 heterocycles. The first-order chi connectivity index (χ1) is 13.1. The monoisotopic (exact) mass is 369 g/mol. The minimum atomic E-state index is -0.336. The van der Waals surface area contributed by atoms with Crippen LogP contribution in [0.25, 0.3) is 0 Å². The first-order valence-electron chi connectivity index (χ1n) is 8.95. The van der Waals surface area contributed by atoms with E-state index in [9.17, 15) is 9.59 Å². The number of para-hydroxylation sites is 1. The Morgan fingerprint density at radius 2 is 1.74 bits per heavy atom. The second-order valence-electron chi connectivity index (χ2n) is 6.15. The number of rotatable bonds is 4. The predicted molar refractivity (Wildman–Crippen MR) is 101 cm³/mol. The van der Waals surface area contributed by atoms with Gasteiger partial charge in [-0.05, 0) is 26.0 Å². The highest BCUT2D eigenvalue weighted by Gasteiger charge is 2.26. The summed E-state index contributed by atoms with van der Waals surface area (Å²) in [7, 11) is 0. The fourth-order valence-corrected chi connectivity index (χ4v) is 2.88. The molecule has 142 valence electrons. The third-order valence-corrected chi connectivity index (χ3v) is 4.20. The van der Waals surface area contributed by atoms with E-state index in [-0.39, 0.29) is 12.0 Å². The summed E-state index contributed by atoms with van der Waals surface area (Å²) in [5.74, 6) is 0.923. The lowest BCUT2D eigenvalue weighted by molar-refractivity contribution is 0.0565. The molecule has 0 spiro atoms. The fraction of sp³-hybridized carbons (Fsp3) is 0.368. The fourth-order valence-electron chi connectivity index (χ4n) is 2.88. The maximum absolute atomic E-state index is 12.8. The van der Waals surface area contributed by atoms with Gasteiger partial charge in [-0.3, -0.25) is 4.79 Å². The largest absolute Gasteiger partial charge is 0.450 e. The van der Waals surface area contributed by atoms with Crippen LogP contribution in [0, 0.1) is 6.92 Å². The molecule has 2 amide bonds. The van der Waals surface area contributed by atoms with Gasteiger partial charge in [-0.1, -0.05) is 18.2 Å². The van der Waals surface area contributed by atoms with Gasteiger partial charge < -0.3 is 19.9 Å². The summed E-state index contributed by atoms with van der Waals surface area (Å²) in [6, 6.07) is 11.3. The standard InChI is InChI=1S/C19H23N5O3/c1-3-27-19(26)24-11-9-23(10-12-24)18(25)16-13-17(21-14(2)20-16)22-15-7-5-4-6-8-15/h4-8,13H,3,9-12H2,1-2H3,(H,20,21,22). The molecule has 0 saturated carbocycles. The lowest BCUT2D eigenvalue weighted by Crippen LogP contribution is -2.50. The molecule has 0 atom stereocenters. The van der Waals surface area contributed by atoms with Crippen molar-refractivity contribution in [2.24, 2.45) is 0 Å². The van der Waals surface area contributed by atoms with Crippen LogP contribution in [0.5, 0.6) is 0 Å². The molecule has 0 bridgehead atoms.